The summed E-state index contributed by atoms with van der Waals surface area (Å²) >= 11 is 7.08. The lowest BCUT2D eigenvalue weighted by atomic mass is 9.65. The summed E-state index contributed by atoms with van der Waals surface area (Å²) in [6, 6.07) is 17.5. The number of benzene rings is 2. The van der Waals surface area contributed by atoms with Gasteiger partial charge in [-0.05, 0) is 71.2 Å². The monoisotopic (exact) mass is 500 g/mol. The van der Waals surface area contributed by atoms with Gasteiger partial charge in [-0.15, -0.1) is 0 Å². The maximum atomic E-state index is 4.83. The first-order valence-corrected chi connectivity index (χ1v) is 11.4. The SMILES string of the molecule is CC(C)(C)C1CC(=Cc2ccc(Br)cc2)C2=NNC(c3ccc(Br)cc3)C2C1. The first kappa shape index (κ1) is 19.9. The summed E-state index contributed by atoms with van der Waals surface area (Å²) < 4.78 is 2.22. The Balaban J connectivity index is 1.69. The van der Waals surface area contributed by atoms with Gasteiger partial charge in [0.2, 0.25) is 0 Å². The Morgan fingerprint density at radius 1 is 0.964 bits per heavy atom. The van der Waals surface area contributed by atoms with E-state index in [1.807, 2.05) is 0 Å². The third-order valence-corrected chi connectivity index (χ3v) is 7.13. The van der Waals surface area contributed by atoms with Crippen molar-refractivity contribution in [2.45, 2.75) is 39.7 Å². The van der Waals surface area contributed by atoms with E-state index in [-0.39, 0.29) is 11.5 Å². The van der Waals surface area contributed by atoms with E-state index in [0.29, 0.717) is 11.8 Å². The summed E-state index contributed by atoms with van der Waals surface area (Å²) in [5.74, 6) is 1.05. The van der Waals surface area contributed by atoms with Crippen LogP contribution in [-0.2, 0) is 0 Å². The molecule has 4 rings (SSSR count). The van der Waals surface area contributed by atoms with Crippen LogP contribution in [0.2, 0.25) is 0 Å². The molecule has 2 nitrogen and oxygen atoms in total. The zero-order valence-electron chi connectivity index (χ0n) is 16.5. The van der Waals surface area contributed by atoms with Crippen LogP contribution in [0.3, 0.4) is 0 Å². The fourth-order valence-corrected chi connectivity index (χ4v) is 4.85. The van der Waals surface area contributed by atoms with Crippen molar-refractivity contribution in [3.05, 3.63) is 74.2 Å². The fourth-order valence-electron chi connectivity index (χ4n) is 4.32. The normalized spacial score (nSPS) is 26.0. The van der Waals surface area contributed by atoms with Crippen LogP contribution in [0.4, 0.5) is 0 Å². The molecule has 3 unspecified atom stereocenters. The van der Waals surface area contributed by atoms with Crippen molar-refractivity contribution in [2.24, 2.45) is 22.4 Å². The van der Waals surface area contributed by atoms with E-state index >= 15 is 0 Å². The summed E-state index contributed by atoms with van der Waals surface area (Å²) in [6.07, 6.45) is 4.60. The molecule has 0 amide bonds. The van der Waals surface area contributed by atoms with Gasteiger partial charge in [0.15, 0.2) is 0 Å². The molecule has 1 heterocycles. The Kier molecular flexibility index (Phi) is 5.54. The van der Waals surface area contributed by atoms with Gasteiger partial charge >= 0.3 is 0 Å². The highest BCUT2D eigenvalue weighted by Gasteiger charge is 2.43. The Labute approximate surface area is 184 Å². The van der Waals surface area contributed by atoms with Gasteiger partial charge in [0.25, 0.3) is 0 Å². The zero-order chi connectivity index (χ0) is 19.9. The number of hydrogen-bond donors (Lipinski definition) is 1. The van der Waals surface area contributed by atoms with Crippen molar-refractivity contribution >= 4 is 43.6 Å². The van der Waals surface area contributed by atoms with Crippen LogP contribution in [0.5, 0.6) is 0 Å². The maximum Gasteiger partial charge on any atom is 0.0774 e. The van der Waals surface area contributed by atoms with Gasteiger partial charge in [-0.2, -0.15) is 5.10 Å². The number of fused-ring (bicyclic) bond motifs is 1. The van der Waals surface area contributed by atoms with Gasteiger partial charge in [0.1, 0.15) is 0 Å². The summed E-state index contributed by atoms with van der Waals surface area (Å²) in [5.41, 5.74) is 8.90. The summed E-state index contributed by atoms with van der Waals surface area (Å²) in [4.78, 5) is 0. The Morgan fingerprint density at radius 3 is 2.18 bits per heavy atom. The lowest BCUT2D eigenvalue weighted by molar-refractivity contribution is 0.194. The topological polar surface area (TPSA) is 24.4 Å². The molecule has 1 fully saturated rings. The first-order chi connectivity index (χ1) is 13.3. The number of halogens is 2. The molecule has 28 heavy (non-hydrogen) atoms. The zero-order valence-corrected chi connectivity index (χ0v) is 19.7. The minimum absolute atomic E-state index is 0.251. The molecular weight excluding hydrogens is 476 g/mol. The Hall–Kier alpha value is -1.39. The predicted molar refractivity (Wildman–Crippen MR) is 125 cm³/mol. The van der Waals surface area contributed by atoms with E-state index in [2.05, 4.69) is 113 Å². The van der Waals surface area contributed by atoms with Gasteiger partial charge < -0.3 is 5.43 Å². The number of nitrogens with zero attached hydrogens (tertiary/aromatic N) is 1. The molecule has 2 aromatic rings. The Morgan fingerprint density at radius 2 is 1.57 bits per heavy atom. The average molecular weight is 502 g/mol. The van der Waals surface area contributed by atoms with E-state index < -0.39 is 0 Å². The average Bonchev–Trinajstić information content (AvgIpc) is 3.08. The van der Waals surface area contributed by atoms with Crippen LogP contribution in [0.25, 0.3) is 6.08 Å². The number of allylic oxidation sites excluding steroid dienone is 1. The molecule has 146 valence electrons. The molecule has 1 N–H and O–H groups in total. The van der Waals surface area contributed by atoms with Crippen molar-refractivity contribution in [2.75, 3.05) is 0 Å². The van der Waals surface area contributed by atoms with E-state index in [4.69, 9.17) is 5.10 Å². The molecule has 1 aliphatic heterocycles. The lowest BCUT2D eigenvalue weighted by Gasteiger charge is -2.39. The highest BCUT2D eigenvalue weighted by Crippen LogP contribution is 2.47. The van der Waals surface area contributed by atoms with Gasteiger partial charge in [-0.3, -0.25) is 0 Å². The minimum atomic E-state index is 0.251. The van der Waals surface area contributed by atoms with Crippen molar-refractivity contribution < 1.29 is 0 Å². The lowest BCUT2D eigenvalue weighted by Crippen LogP contribution is -2.35. The number of hydrogen-bond acceptors (Lipinski definition) is 2. The molecule has 0 aromatic heterocycles. The predicted octanol–water partition coefficient (Wildman–Crippen LogP) is 7.37. The second kappa shape index (κ2) is 7.79. The second-order valence-corrected chi connectivity index (χ2v) is 10.8. The van der Waals surface area contributed by atoms with Crippen molar-refractivity contribution in [1.82, 2.24) is 5.43 Å². The number of nitrogens with one attached hydrogen (secondary N) is 1. The molecule has 4 heteroatoms. The highest BCUT2D eigenvalue weighted by molar-refractivity contribution is 9.10. The quantitative estimate of drug-likeness (QED) is 0.456. The smallest absolute Gasteiger partial charge is 0.0774 e. The molecule has 1 saturated carbocycles. The molecule has 0 bridgehead atoms. The third kappa shape index (κ3) is 4.13. The largest absolute Gasteiger partial charge is 0.302 e. The van der Waals surface area contributed by atoms with E-state index in [0.717, 1.165) is 15.4 Å². The maximum absolute atomic E-state index is 4.83. The molecule has 2 aromatic carbocycles. The number of rotatable bonds is 2. The summed E-state index contributed by atoms with van der Waals surface area (Å²) in [6.45, 7) is 7.11. The van der Waals surface area contributed by atoms with Crippen molar-refractivity contribution in [1.29, 1.82) is 0 Å². The van der Waals surface area contributed by atoms with Crippen LogP contribution in [0, 0.1) is 17.3 Å². The van der Waals surface area contributed by atoms with Crippen LogP contribution < -0.4 is 5.43 Å². The molecule has 3 atom stereocenters. The minimum Gasteiger partial charge on any atom is -0.302 e. The van der Waals surface area contributed by atoms with Crippen molar-refractivity contribution in [3.63, 3.8) is 0 Å². The summed E-state index contributed by atoms with van der Waals surface area (Å²) in [5, 5.41) is 4.83. The van der Waals surface area contributed by atoms with Gasteiger partial charge in [0.05, 0.1) is 11.8 Å². The standard InChI is InChI=1S/C24H26Br2N2/c1-24(2,3)18-13-17(12-15-4-8-19(25)9-5-15)23-21(14-18)22(27-28-23)16-6-10-20(26)11-7-16/h4-12,18,21-22,27H,13-14H2,1-3H3. The van der Waals surface area contributed by atoms with E-state index in [1.54, 1.807) is 0 Å². The molecule has 2 aliphatic rings. The van der Waals surface area contributed by atoms with E-state index in [1.165, 1.54) is 28.8 Å². The van der Waals surface area contributed by atoms with Crippen LogP contribution in [0.1, 0.15) is 50.8 Å². The molecule has 1 aliphatic carbocycles. The third-order valence-electron chi connectivity index (χ3n) is 6.08. The van der Waals surface area contributed by atoms with Crippen LogP contribution in [0.15, 0.2) is 68.2 Å². The molecule has 0 spiro atoms. The second-order valence-electron chi connectivity index (χ2n) is 8.99. The first-order valence-electron chi connectivity index (χ1n) is 9.86. The molecule has 0 radical (unpaired) electrons. The fraction of sp³-hybridized carbons (Fsp3) is 0.375. The number of hydrazone groups is 1. The van der Waals surface area contributed by atoms with Gasteiger partial charge in [0, 0.05) is 14.9 Å². The van der Waals surface area contributed by atoms with Crippen molar-refractivity contribution in [3.8, 4) is 0 Å². The molecule has 0 saturated heterocycles. The van der Waals surface area contributed by atoms with Crippen LogP contribution >= 0.6 is 31.9 Å². The highest BCUT2D eigenvalue weighted by atomic mass is 79.9. The van der Waals surface area contributed by atoms with E-state index in [9.17, 15) is 0 Å². The van der Waals surface area contributed by atoms with Gasteiger partial charge in [-0.25, -0.2) is 0 Å². The Bertz CT molecular complexity index is 905. The summed E-state index contributed by atoms with van der Waals surface area (Å²) in [7, 11) is 0. The van der Waals surface area contributed by atoms with Crippen LogP contribution in [-0.4, -0.2) is 5.71 Å². The molecular formula is C24H26Br2N2. The van der Waals surface area contributed by atoms with Gasteiger partial charge in [-0.1, -0.05) is 76.9 Å².